The highest BCUT2D eigenvalue weighted by molar-refractivity contribution is 5.74. The molecule has 2 amide bonds. The molecule has 1 aliphatic rings. The summed E-state index contributed by atoms with van der Waals surface area (Å²) in [6.45, 7) is 4.18. The normalized spacial score (nSPS) is 27.4. The van der Waals surface area contributed by atoms with Crippen LogP contribution in [0, 0.1) is 5.92 Å². The summed E-state index contributed by atoms with van der Waals surface area (Å²) in [5.41, 5.74) is 0. The molecule has 0 heterocycles. The molecule has 0 aliphatic heterocycles. The number of aliphatic hydroxyl groups excluding tert-OH is 1. The molecule has 4 nitrogen and oxygen atoms in total. The number of hydrogen-bond acceptors (Lipinski definition) is 2. The van der Waals surface area contributed by atoms with E-state index in [1.54, 1.807) is 0 Å². The third-order valence-electron chi connectivity index (χ3n) is 3.12. The standard InChI is InChI=1S/C11H22N2O2/c1-8-4-3-5-10(8)13-11(15)12-9(2)6-7-14/h8-10,14H,3-7H2,1-2H3,(H2,12,13,15)/t8?,9-,10?/m1/s1. The Morgan fingerprint density at radius 3 is 2.80 bits per heavy atom. The number of amides is 2. The van der Waals surface area contributed by atoms with Crippen molar-refractivity contribution in [1.82, 2.24) is 10.6 Å². The Labute approximate surface area is 91.4 Å². The zero-order chi connectivity index (χ0) is 11.3. The largest absolute Gasteiger partial charge is 0.396 e. The quantitative estimate of drug-likeness (QED) is 0.659. The second-order valence-corrected chi connectivity index (χ2v) is 4.55. The lowest BCUT2D eigenvalue weighted by Crippen LogP contribution is -2.46. The summed E-state index contributed by atoms with van der Waals surface area (Å²) in [6.07, 6.45) is 4.10. The summed E-state index contributed by atoms with van der Waals surface area (Å²) in [5.74, 6) is 0.587. The van der Waals surface area contributed by atoms with Gasteiger partial charge in [0.15, 0.2) is 0 Å². The highest BCUT2D eigenvalue weighted by Gasteiger charge is 2.24. The fourth-order valence-corrected chi connectivity index (χ4v) is 2.06. The van der Waals surface area contributed by atoms with Crippen LogP contribution in [0.4, 0.5) is 4.79 Å². The van der Waals surface area contributed by atoms with Crippen LogP contribution in [0.1, 0.15) is 39.5 Å². The van der Waals surface area contributed by atoms with E-state index in [4.69, 9.17) is 5.11 Å². The van der Waals surface area contributed by atoms with Crippen molar-refractivity contribution < 1.29 is 9.90 Å². The fourth-order valence-electron chi connectivity index (χ4n) is 2.06. The van der Waals surface area contributed by atoms with Crippen molar-refractivity contribution in [3.8, 4) is 0 Å². The van der Waals surface area contributed by atoms with Crippen molar-refractivity contribution in [3.05, 3.63) is 0 Å². The first-order valence-corrected chi connectivity index (χ1v) is 5.81. The van der Waals surface area contributed by atoms with Gasteiger partial charge in [0.2, 0.25) is 0 Å². The van der Waals surface area contributed by atoms with Crippen LogP contribution in [0.2, 0.25) is 0 Å². The summed E-state index contributed by atoms with van der Waals surface area (Å²) in [5, 5.41) is 14.5. The van der Waals surface area contributed by atoms with Crippen LogP contribution in [0.3, 0.4) is 0 Å². The number of nitrogens with one attached hydrogen (secondary N) is 2. The van der Waals surface area contributed by atoms with Crippen LogP contribution < -0.4 is 10.6 Å². The maximum absolute atomic E-state index is 11.5. The zero-order valence-corrected chi connectivity index (χ0v) is 9.62. The van der Waals surface area contributed by atoms with E-state index in [2.05, 4.69) is 17.6 Å². The van der Waals surface area contributed by atoms with Crippen molar-refractivity contribution in [2.45, 2.75) is 51.6 Å². The smallest absolute Gasteiger partial charge is 0.315 e. The second kappa shape index (κ2) is 5.95. The van der Waals surface area contributed by atoms with E-state index in [1.807, 2.05) is 6.92 Å². The third kappa shape index (κ3) is 4.08. The first-order valence-electron chi connectivity index (χ1n) is 5.81. The number of urea groups is 1. The van der Waals surface area contributed by atoms with E-state index in [0.717, 1.165) is 6.42 Å². The molecule has 88 valence electrons. The molecule has 0 bridgehead atoms. The lowest BCUT2D eigenvalue weighted by Gasteiger charge is -2.19. The van der Waals surface area contributed by atoms with Crippen molar-refractivity contribution in [3.63, 3.8) is 0 Å². The monoisotopic (exact) mass is 214 g/mol. The highest BCUT2D eigenvalue weighted by Crippen LogP contribution is 2.24. The number of carbonyl (C=O) groups is 1. The first-order chi connectivity index (χ1) is 7.13. The Morgan fingerprint density at radius 2 is 2.27 bits per heavy atom. The number of aliphatic hydroxyl groups is 1. The van der Waals surface area contributed by atoms with Gasteiger partial charge >= 0.3 is 6.03 Å². The third-order valence-corrected chi connectivity index (χ3v) is 3.12. The fraction of sp³-hybridized carbons (Fsp3) is 0.909. The minimum atomic E-state index is -0.102. The van der Waals surface area contributed by atoms with Gasteiger partial charge in [0, 0.05) is 18.7 Å². The van der Waals surface area contributed by atoms with Gasteiger partial charge in [-0.25, -0.2) is 4.79 Å². The predicted octanol–water partition coefficient (Wildman–Crippen LogP) is 1.25. The van der Waals surface area contributed by atoms with Crippen molar-refractivity contribution in [2.24, 2.45) is 5.92 Å². The molecule has 0 aromatic rings. The van der Waals surface area contributed by atoms with E-state index in [9.17, 15) is 4.79 Å². The first kappa shape index (κ1) is 12.3. The van der Waals surface area contributed by atoms with Crippen LogP contribution in [0.5, 0.6) is 0 Å². The van der Waals surface area contributed by atoms with Crippen LogP contribution in [-0.4, -0.2) is 29.8 Å². The van der Waals surface area contributed by atoms with Crippen molar-refractivity contribution >= 4 is 6.03 Å². The Kier molecular flexibility index (Phi) is 4.88. The van der Waals surface area contributed by atoms with Gasteiger partial charge in [-0.05, 0) is 32.1 Å². The van der Waals surface area contributed by atoms with Gasteiger partial charge in [0.05, 0.1) is 0 Å². The topological polar surface area (TPSA) is 61.4 Å². The van der Waals surface area contributed by atoms with Gasteiger partial charge in [0.25, 0.3) is 0 Å². The molecule has 1 fully saturated rings. The molecule has 1 saturated carbocycles. The summed E-state index contributed by atoms with van der Waals surface area (Å²) in [4.78, 5) is 11.5. The molecule has 0 radical (unpaired) electrons. The van der Waals surface area contributed by atoms with Gasteiger partial charge < -0.3 is 15.7 Å². The molecule has 1 aliphatic carbocycles. The Morgan fingerprint density at radius 1 is 1.53 bits per heavy atom. The van der Waals surface area contributed by atoms with Crippen LogP contribution >= 0.6 is 0 Å². The Hall–Kier alpha value is -0.770. The molecular formula is C11H22N2O2. The summed E-state index contributed by atoms with van der Waals surface area (Å²) < 4.78 is 0. The van der Waals surface area contributed by atoms with Crippen molar-refractivity contribution in [1.29, 1.82) is 0 Å². The molecule has 0 saturated heterocycles. The van der Waals surface area contributed by atoms with Crippen LogP contribution in [0.25, 0.3) is 0 Å². The minimum absolute atomic E-state index is 0.0340. The summed E-state index contributed by atoms with van der Waals surface area (Å²) in [6, 6.07) is 0.257. The van der Waals surface area contributed by atoms with E-state index in [1.165, 1.54) is 12.8 Å². The second-order valence-electron chi connectivity index (χ2n) is 4.55. The Bertz CT molecular complexity index is 209. The number of rotatable bonds is 4. The minimum Gasteiger partial charge on any atom is -0.396 e. The SMILES string of the molecule is CC1CCCC1NC(=O)N[C@H](C)CCO. The lowest BCUT2D eigenvalue weighted by molar-refractivity contribution is 0.225. The summed E-state index contributed by atoms with van der Waals surface area (Å²) in [7, 11) is 0. The average Bonchev–Trinajstić information content (AvgIpc) is 2.52. The molecule has 0 aromatic carbocycles. The zero-order valence-electron chi connectivity index (χ0n) is 9.62. The number of hydrogen-bond donors (Lipinski definition) is 3. The van der Waals surface area contributed by atoms with Gasteiger partial charge in [-0.1, -0.05) is 13.3 Å². The summed E-state index contributed by atoms with van der Waals surface area (Å²) >= 11 is 0. The molecule has 1 rings (SSSR count). The van der Waals surface area contributed by atoms with Crippen LogP contribution in [-0.2, 0) is 0 Å². The van der Waals surface area contributed by atoms with Gasteiger partial charge in [0.1, 0.15) is 0 Å². The maximum atomic E-state index is 11.5. The molecule has 0 aromatic heterocycles. The highest BCUT2D eigenvalue weighted by atomic mass is 16.3. The molecule has 15 heavy (non-hydrogen) atoms. The van der Waals surface area contributed by atoms with Gasteiger partial charge in [-0.3, -0.25) is 0 Å². The Balaban J connectivity index is 2.23. The molecular weight excluding hydrogens is 192 g/mol. The van der Waals surface area contributed by atoms with E-state index < -0.39 is 0 Å². The van der Waals surface area contributed by atoms with Gasteiger partial charge in [-0.15, -0.1) is 0 Å². The lowest BCUT2D eigenvalue weighted by atomic mass is 10.1. The molecule has 4 heteroatoms. The molecule has 3 atom stereocenters. The molecule has 3 N–H and O–H groups in total. The van der Waals surface area contributed by atoms with E-state index in [0.29, 0.717) is 18.4 Å². The number of carbonyl (C=O) groups excluding carboxylic acids is 1. The van der Waals surface area contributed by atoms with Crippen LogP contribution in [0.15, 0.2) is 0 Å². The maximum Gasteiger partial charge on any atom is 0.315 e. The predicted molar refractivity (Wildman–Crippen MR) is 59.6 cm³/mol. The molecule has 0 spiro atoms. The van der Waals surface area contributed by atoms with Gasteiger partial charge in [-0.2, -0.15) is 0 Å². The van der Waals surface area contributed by atoms with E-state index >= 15 is 0 Å². The van der Waals surface area contributed by atoms with Crippen molar-refractivity contribution in [2.75, 3.05) is 6.61 Å². The average molecular weight is 214 g/mol. The van der Waals surface area contributed by atoms with E-state index in [-0.39, 0.29) is 18.7 Å². The molecule has 2 unspecified atom stereocenters.